The number of aromatic nitrogens is 4. The van der Waals surface area contributed by atoms with Gasteiger partial charge in [-0.2, -0.15) is 0 Å². The van der Waals surface area contributed by atoms with Gasteiger partial charge in [0.2, 0.25) is 0 Å². The van der Waals surface area contributed by atoms with Crippen LogP contribution in [0.4, 0.5) is 0 Å². The van der Waals surface area contributed by atoms with Crippen molar-refractivity contribution < 1.29 is 0 Å². The van der Waals surface area contributed by atoms with Gasteiger partial charge in [-0.1, -0.05) is 146 Å². The fraction of sp³-hybridized carbons (Fsp3) is 0. The van der Waals surface area contributed by atoms with Crippen LogP contribution >= 0.6 is 11.3 Å². The predicted molar refractivity (Wildman–Crippen MR) is 203 cm³/mol. The van der Waals surface area contributed by atoms with Gasteiger partial charge >= 0.3 is 0 Å². The van der Waals surface area contributed by atoms with Gasteiger partial charge in [0.1, 0.15) is 5.01 Å². The van der Waals surface area contributed by atoms with E-state index in [4.69, 9.17) is 19.9 Å². The van der Waals surface area contributed by atoms with Gasteiger partial charge in [0.05, 0.1) is 10.2 Å². The lowest BCUT2D eigenvalue weighted by molar-refractivity contribution is 1.07. The highest BCUT2D eigenvalue weighted by Gasteiger charge is 2.15. The lowest BCUT2D eigenvalue weighted by Gasteiger charge is -2.11. The van der Waals surface area contributed by atoms with E-state index in [1.807, 2.05) is 42.5 Å². The summed E-state index contributed by atoms with van der Waals surface area (Å²) in [5, 5.41) is 3.44. The zero-order chi connectivity index (χ0) is 32.6. The highest BCUT2D eigenvalue weighted by atomic mass is 32.1. The lowest BCUT2D eigenvalue weighted by Crippen LogP contribution is -2.00. The van der Waals surface area contributed by atoms with Crippen LogP contribution in [0.1, 0.15) is 0 Å². The van der Waals surface area contributed by atoms with Crippen molar-refractivity contribution in [2.45, 2.75) is 0 Å². The molecule has 230 valence electrons. The summed E-state index contributed by atoms with van der Waals surface area (Å²) < 4.78 is 1.21. The van der Waals surface area contributed by atoms with Crippen LogP contribution in [0.15, 0.2) is 170 Å². The van der Waals surface area contributed by atoms with Crippen LogP contribution in [0.25, 0.3) is 88.0 Å². The summed E-state index contributed by atoms with van der Waals surface area (Å²) in [5.74, 6) is 1.92. The van der Waals surface area contributed by atoms with Crippen molar-refractivity contribution in [3.8, 4) is 67.0 Å². The quantitative estimate of drug-likeness (QED) is 0.181. The summed E-state index contributed by atoms with van der Waals surface area (Å²) in [6, 6.07) is 58.7. The smallest absolute Gasteiger partial charge is 0.164 e. The maximum atomic E-state index is 5.05. The Labute approximate surface area is 288 Å². The number of nitrogens with zero attached hydrogens (tertiary/aromatic N) is 4. The molecule has 2 heterocycles. The molecule has 0 radical (unpaired) electrons. The van der Waals surface area contributed by atoms with Gasteiger partial charge in [0.25, 0.3) is 0 Å². The zero-order valence-electron chi connectivity index (χ0n) is 26.4. The Bertz CT molecular complexity index is 2600. The summed E-state index contributed by atoms with van der Waals surface area (Å²) in [5.41, 5.74) is 9.50. The molecule has 0 aliphatic heterocycles. The van der Waals surface area contributed by atoms with Crippen molar-refractivity contribution in [1.29, 1.82) is 0 Å². The standard InChI is InChI=1S/C44H28N4S/c1-4-12-29(13-5-1)32-18-10-20-36(27-32)42-46-41(30-14-6-2-7-15-30)47-43(48-42)37-21-11-19-33(28-37)34-22-24-38-35(26-34)23-25-39-40(38)49-44(45-39)31-16-8-3-9-17-31/h1-28H. The molecule has 0 spiro atoms. The molecule has 0 aliphatic carbocycles. The third-order valence-electron chi connectivity index (χ3n) is 8.74. The summed E-state index contributed by atoms with van der Waals surface area (Å²) >= 11 is 1.75. The molecular formula is C44H28N4S. The molecule has 0 unspecified atom stereocenters. The fourth-order valence-corrected chi connectivity index (χ4v) is 7.36. The first-order valence-electron chi connectivity index (χ1n) is 16.2. The van der Waals surface area contributed by atoms with E-state index in [1.54, 1.807) is 11.3 Å². The normalized spacial score (nSPS) is 11.3. The largest absolute Gasteiger partial charge is 0.236 e. The lowest BCUT2D eigenvalue weighted by atomic mass is 9.99. The van der Waals surface area contributed by atoms with Gasteiger partial charge in [0.15, 0.2) is 17.5 Å². The number of thiazole rings is 1. The molecule has 5 heteroatoms. The van der Waals surface area contributed by atoms with Gasteiger partial charge in [-0.3, -0.25) is 0 Å². The molecule has 9 rings (SSSR count). The van der Waals surface area contributed by atoms with E-state index in [1.165, 1.54) is 15.5 Å². The Morgan fingerprint density at radius 3 is 1.45 bits per heavy atom. The van der Waals surface area contributed by atoms with Crippen molar-refractivity contribution >= 4 is 32.3 Å². The van der Waals surface area contributed by atoms with Crippen molar-refractivity contribution in [3.63, 3.8) is 0 Å². The molecule has 0 amide bonds. The average molecular weight is 645 g/mol. The zero-order valence-corrected chi connectivity index (χ0v) is 27.2. The van der Waals surface area contributed by atoms with E-state index in [-0.39, 0.29) is 0 Å². The van der Waals surface area contributed by atoms with Crippen LogP contribution in [0.3, 0.4) is 0 Å². The maximum Gasteiger partial charge on any atom is 0.164 e. The second-order valence-electron chi connectivity index (χ2n) is 11.9. The van der Waals surface area contributed by atoms with E-state index in [9.17, 15) is 0 Å². The molecule has 0 saturated carbocycles. The Balaban J connectivity index is 1.12. The Morgan fingerprint density at radius 2 is 0.816 bits per heavy atom. The summed E-state index contributed by atoms with van der Waals surface area (Å²) in [6.45, 7) is 0. The molecule has 0 atom stereocenters. The Kier molecular flexibility index (Phi) is 7.30. The molecule has 4 nitrogen and oxygen atoms in total. The molecule has 0 saturated heterocycles. The minimum Gasteiger partial charge on any atom is -0.236 e. The van der Waals surface area contributed by atoms with Crippen LogP contribution in [0, 0.1) is 0 Å². The summed E-state index contributed by atoms with van der Waals surface area (Å²) in [7, 11) is 0. The topological polar surface area (TPSA) is 51.6 Å². The first-order valence-corrected chi connectivity index (χ1v) is 17.0. The van der Waals surface area contributed by atoms with Crippen LogP contribution in [-0.2, 0) is 0 Å². The van der Waals surface area contributed by atoms with Crippen LogP contribution in [0.5, 0.6) is 0 Å². The van der Waals surface area contributed by atoms with E-state index in [0.717, 1.165) is 55.0 Å². The molecule has 9 aromatic rings. The van der Waals surface area contributed by atoms with Crippen LogP contribution in [0.2, 0.25) is 0 Å². The number of benzene rings is 7. The molecule has 0 bridgehead atoms. The number of hydrogen-bond donors (Lipinski definition) is 0. The number of rotatable bonds is 6. The van der Waals surface area contributed by atoms with Gasteiger partial charge in [-0.15, -0.1) is 11.3 Å². The number of fused-ring (bicyclic) bond motifs is 3. The minimum absolute atomic E-state index is 0.636. The summed E-state index contributed by atoms with van der Waals surface area (Å²) in [6.07, 6.45) is 0. The van der Waals surface area contributed by atoms with Gasteiger partial charge in [-0.25, -0.2) is 19.9 Å². The van der Waals surface area contributed by atoms with Gasteiger partial charge < -0.3 is 0 Å². The number of hydrogen-bond acceptors (Lipinski definition) is 5. The molecule has 7 aromatic carbocycles. The average Bonchev–Trinajstić information content (AvgIpc) is 3.64. The Hall–Kier alpha value is -6.30. The third kappa shape index (κ3) is 5.67. The van der Waals surface area contributed by atoms with Crippen molar-refractivity contribution in [2.75, 3.05) is 0 Å². The second-order valence-corrected chi connectivity index (χ2v) is 12.9. The third-order valence-corrected chi connectivity index (χ3v) is 9.89. The highest BCUT2D eigenvalue weighted by molar-refractivity contribution is 7.22. The maximum absolute atomic E-state index is 5.05. The van der Waals surface area contributed by atoms with Crippen molar-refractivity contribution in [1.82, 2.24) is 19.9 Å². The fourth-order valence-electron chi connectivity index (χ4n) is 6.25. The van der Waals surface area contributed by atoms with E-state index in [2.05, 4.69) is 127 Å². The van der Waals surface area contributed by atoms with Gasteiger partial charge in [0, 0.05) is 27.6 Å². The molecule has 0 N–H and O–H groups in total. The molecule has 49 heavy (non-hydrogen) atoms. The van der Waals surface area contributed by atoms with Gasteiger partial charge in [-0.05, 0) is 51.9 Å². The first-order chi connectivity index (χ1) is 24.2. The Morgan fingerprint density at radius 1 is 0.327 bits per heavy atom. The highest BCUT2D eigenvalue weighted by Crippen LogP contribution is 2.37. The van der Waals surface area contributed by atoms with E-state index >= 15 is 0 Å². The van der Waals surface area contributed by atoms with E-state index in [0.29, 0.717) is 17.5 Å². The van der Waals surface area contributed by atoms with Crippen molar-refractivity contribution in [3.05, 3.63) is 170 Å². The van der Waals surface area contributed by atoms with Crippen LogP contribution in [-0.4, -0.2) is 19.9 Å². The first kappa shape index (κ1) is 28.9. The second kappa shape index (κ2) is 12.4. The molecular weight excluding hydrogens is 617 g/mol. The molecule has 0 fully saturated rings. The molecule has 0 aliphatic rings. The van der Waals surface area contributed by atoms with Crippen molar-refractivity contribution in [2.24, 2.45) is 0 Å². The molecule has 2 aromatic heterocycles. The van der Waals surface area contributed by atoms with Crippen LogP contribution < -0.4 is 0 Å². The SMILES string of the molecule is c1ccc(-c2cccc(-c3nc(-c4ccccc4)nc(-c4cccc(-c5ccc6c(ccc7nc(-c8ccccc8)sc76)c5)c4)n3)c2)cc1. The monoisotopic (exact) mass is 644 g/mol. The predicted octanol–water partition coefficient (Wildman–Crippen LogP) is 11.6. The minimum atomic E-state index is 0.636. The van der Waals surface area contributed by atoms with E-state index < -0.39 is 0 Å². The summed E-state index contributed by atoms with van der Waals surface area (Å²) in [4.78, 5) is 20.0.